The number of ether oxygens (including phenoxy) is 1. The van der Waals surface area contributed by atoms with Gasteiger partial charge in [-0.15, -0.1) is 0 Å². The summed E-state index contributed by atoms with van der Waals surface area (Å²) >= 11 is 0. The smallest absolute Gasteiger partial charge is 0.321 e. The van der Waals surface area contributed by atoms with Crippen molar-refractivity contribution in [3.8, 4) is 0 Å². The maximum absolute atomic E-state index is 12.4. The van der Waals surface area contributed by atoms with Crippen LogP contribution >= 0.6 is 0 Å². The zero-order chi connectivity index (χ0) is 20.7. The maximum Gasteiger partial charge on any atom is 0.321 e. The number of amides is 1. The molecule has 0 spiro atoms. The SMILES string of the molecule is CC(C)CC(NS(=O)(=O)c1ccc(/C=C/C(=O)N2CCOCC2)cc1)C(=O)O. The lowest BCUT2D eigenvalue weighted by Gasteiger charge is -2.25. The zero-order valence-electron chi connectivity index (χ0n) is 16.0. The van der Waals surface area contributed by atoms with Crippen LogP contribution in [-0.2, 0) is 24.3 Å². The summed E-state index contributed by atoms with van der Waals surface area (Å²) in [5.74, 6) is -1.31. The normalized spacial score (nSPS) is 16.5. The minimum Gasteiger partial charge on any atom is -0.480 e. The highest BCUT2D eigenvalue weighted by atomic mass is 32.2. The van der Waals surface area contributed by atoms with Crippen LogP contribution in [0.3, 0.4) is 0 Å². The van der Waals surface area contributed by atoms with Gasteiger partial charge in [-0.3, -0.25) is 9.59 Å². The number of nitrogens with one attached hydrogen (secondary N) is 1. The van der Waals surface area contributed by atoms with E-state index < -0.39 is 22.0 Å². The molecule has 1 aromatic rings. The maximum atomic E-state index is 12.4. The van der Waals surface area contributed by atoms with Gasteiger partial charge in [-0.25, -0.2) is 8.42 Å². The fourth-order valence-corrected chi connectivity index (χ4v) is 3.94. The molecule has 2 N–H and O–H groups in total. The standard InChI is InChI=1S/C19H26N2O6S/c1-14(2)13-17(19(23)24)20-28(25,26)16-6-3-15(4-7-16)5-8-18(22)21-9-11-27-12-10-21/h3-8,14,17,20H,9-13H2,1-2H3,(H,23,24)/b8-5+. The lowest BCUT2D eigenvalue weighted by Crippen LogP contribution is -2.41. The number of benzene rings is 1. The van der Waals surface area contributed by atoms with E-state index >= 15 is 0 Å². The van der Waals surface area contributed by atoms with Gasteiger partial charge < -0.3 is 14.7 Å². The van der Waals surface area contributed by atoms with Crippen molar-refractivity contribution in [1.82, 2.24) is 9.62 Å². The molecule has 0 bridgehead atoms. The third-order valence-corrected chi connectivity index (χ3v) is 5.72. The van der Waals surface area contributed by atoms with Gasteiger partial charge in [0, 0.05) is 19.2 Å². The van der Waals surface area contributed by atoms with Gasteiger partial charge in [0.05, 0.1) is 18.1 Å². The van der Waals surface area contributed by atoms with Gasteiger partial charge in [0.15, 0.2) is 0 Å². The topological polar surface area (TPSA) is 113 Å². The molecule has 28 heavy (non-hydrogen) atoms. The van der Waals surface area contributed by atoms with E-state index in [0.29, 0.717) is 31.9 Å². The molecule has 0 aromatic heterocycles. The molecule has 154 valence electrons. The molecule has 1 aliphatic heterocycles. The van der Waals surface area contributed by atoms with Gasteiger partial charge in [0.25, 0.3) is 0 Å². The molecule has 0 aliphatic carbocycles. The van der Waals surface area contributed by atoms with E-state index in [9.17, 15) is 23.1 Å². The molecule has 1 amide bonds. The first-order chi connectivity index (χ1) is 13.2. The lowest BCUT2D eigenvalue weighted by molar-refractivity contribution is -0.139. The Hall–Kier alpha value is -2.23. The third-order valence-electron chi connectivity index (χ3n) is 4.23. The Bertz CT molecular complexity index is 811. The summed E-state index contributed by atoms with van der Waals surface area (Å²) in [6.07, 6.45) is 3.25. The first-order valence-corrected chi connectivity index (χ1v) is 10.6. The van der Waals surface area contributed by atoms with Crippen LogP contribution < -0.4 is 4.72 Å². The highest BCUT2D eigenvalue weighted by molar-refractivity contribution is 7.89. The molecule has 8 nitrogen and oxygen atoms in total. The van der Waals surface area contributed by atoms with Gasteiger partial charge in [-0.05, 0) is 36.1 Å². The van der Waals surface area contributed by atoms with Crippen molar-refractivity contribution in [3.63, 3.8) is 0 Å². The number of hydrogen-bond donors (Lipinski definition) is 2. The number of carbonyl (C=O) groups excluding carboxylic acids is 1. The number of aliphatic carboxylic acids is 1. The number of nitrogens with zero attached hydrogens (tertiary/aromatic N) is 1. The van der Waals surface area contributed by atoms with Crippen molar-refractivity contribution in [2.45, 2.75) is 31.2 Å². The number of sulfonamides is 1. The van der Waals surface area contributed by atoms with Crippen molar-refractivity contribution < 1.29 is 27.9 Å². The molecule has 9 heteroatoms. The minimum atomic E-state index is -3.96. The van der Waals surface area contributed by atoms with Crippen LogP contribution in [0.1, 0.15) is 25.8 Å². The number of rotatable bonds is 8. The molecule has 1 unspecified atom stereocenters. The summed E-state index contributed by atoms with van der Waals surface area (Å²) in [6, 6.07) is 4.72. The van der Waals surface area contributed by atoms with Crippen LogP contribution in [0, 0.1) is 5.92 Å². The highest BCUT2D eigenvalue weighted by Gasteiger charge is 2.26. The molecule has 1 aliphatic rings. The van der Waals surface area contributed by atoms with E-state index in [1.807, 2.05) is 13.8 Å². The van der Waals surface area contributed by atoms with Crippen molar-refractivity contribution in [2.75, 3.05) is 26.3 Å². The van der Waals surface area contributed by atoms with Crippen molar-refractivity contribution in [1.29, 1.82) is 0 Å². The van der Waals surface area contributed by atoms with Crippen LogP contribution in [0.15, 0.2) is 35.2 Å². The summed E-state index contributed by atoms with van der Waals surface area (Å²) in [4.78, 5) is 25.0. The Kier molecular flexibility index (Phi) is 7.73. The number of morpholine rings is 1. The van der Waals surface area contributed by atoms with E-state index in [-0.39, 0.29) is 23.1 Å². The molecular weight excluding hydrogens is 384 g/mol. The molecule has 1 fully saturated rings. The van der Waals surface area contributed by atoms with E-state index in [4.69, 9.17) is 4.74 Å². The summed E-state index contributed by atoms with van der Waals surface area (Å²) in [5, 5.41) is 9.23. The Balaban J connectivity index is 2.04. The number of carboxylic acids is 1. The highest BCUT2D eigenvalue weighted by Crippen LogP contribution is 2.14. The second-order valence-electron chi connectivity index (χ2n) is 6.98. The molecule has 1 aromatic carbocycles. The van der Waals surface area contributed by atoms with Gasteiger partial charge in [-0.2, -0.15) is 4.72 Å². The van der Waals surface area contributed by atoms with E-state index in [0.717, 1.165) is 0 Å². The Morgan fingerprint density at radius 3 is 2.36 bits per heavy atom. The summed E-state index contributed by atoms with van der Waals surface area (Å²) in [5.41, 5.74) is 0.664. The van der Waals surface area contributed by atoms with E-state index in [1.54, 1.807) is 23.1 Å². The molecule has 1 saturated heterocycles. The molecule has 2 rings (SSSR count). The Labute approximate surface area is 165 Å². The minimum absolute atomic E-state index is 0.0281. The zero-order valence-corrected chi connectivity index (χ0v) is 16.8. The quantitative estimate of drug-likeness (QED) is 0.625. The molecule has 0 saturated carbocycles. The second kappa shape index (κ2) is 9.81. The first-order valence-electron chi connectivity index (χ1n) is 9.09. The number of carbonyl (C=O) groups is 2. The van der Waals surface area contributed by atoms with Gasteiger partial charge >= 0.3 is 5.97 Å². The van der Waals surface area contributed by atoms with E-state index in [1.165, 1.54) is 18.2 Å². The average molecular weight is 410 g/mol. The molecule has 1 heterocycles. The fraction of sp³-hybridized carbons (Fsp3) is 0.474. The van der Waals surface area contributed by atoms with E-state index in [2.05, 4.69) is 4.72 Å². The fourth-order valence-electron chi connectivity index (χ4n) is 2.74. The van der Waals surface area contributed by atoms with Crippen LogP contribution in [-0.4, -0.2) is 62.6 Å². The largest absolute Gasteiger partial charge is 0.480 e. The molecule has 1 atom stereocenters. The predicted octanol–water partition coefficient (Wildman–Crippen LogP) is 1.34. The van der Waals surface area contributed by atoms with Crippen LogP contribution in [0.4, 0.5) is 0 Å². The van der Waals surface area contributed by atoms with Gasteiger partial charge in [0.2, 0.25) is 15.9 Å². The van der Waals surface area contributed by atoms with Gasteiger partial charge in [0.1, 0.15) is 6.04 Å². The third kappa shape index (κ3) is 6.43. The summed E-state index contributed by atoms with van der Waals surface area (Å²) in [6.45, 7) is 5.79. The Morgan fingerprint density at radius 1 is 1.21 bits per heavy atom. The van der Waals surface area contributed by atoms with Crippen molar-refractivity contribution in [2.24, 2.45) is 5.92 Å². The molecular formula is C19H26N2O6S. The van der Waals surface area contributed by atoms with Crippen LogP contribution in [0.2, 0.25) is 0 Å². The predicted molar refractivity (Wildman–Crippen MR) is 104 cm³/mol. The first kappa shape index (κ1) is 22.1. The van der Waals surface area contributed by atoms with Gasteiger partial charge in [-0.1, -0.05) is 26.0 Å². The summed E-state index contributed by atoms with van der Waals surface area (Å²) < 4.78 is 32.3. The number of hydrogen-bond acceptors (Lipinski definition) is 5. The monoisotopic (exact) mass is 410 g/mol. The van der Waals surface area contributed by atoms with Crippen molar-refractivity contribution in [3.05, 3.63) is 35.9 Å². The van der Waals surface area contributed by atoms with Crippen LogP contribution in [0.25, 0.3) is 6.08 Å². The number of carboxylic acid groups (broad SMARTS) is 1. The van der Waals surface area contributed by atoms with Crippen molar-refractivity contribution >= 4 is 28.0 Å². The lowest BCUT2D eigenvalue weighted by atomic mass is 10.1. The molecule has 0 radical (unpaired) electrons. The summed E-state index contributed by atoms with van der Waals surface area (Å²) in [7, 11) is -3.96. The average Bonchev–Trinajstić information content (AvgIpc) is 2.66. The second-order valence-corrected chi connectivity index (χ2v) is 8.70. The Morgan fingerprint density at radius 2 is 1.82 bits per heavy atom. The van der Waals surface area contributed by atoms with Crippen LogP contribution in [0.5, 0.6) is 0 Å².